The molecule has 162 valence electrons. The van der Waals surface area contributed by atoms with Gasteiger partial charge in [0.2, 0.25) is 11.8 Å². The van der Waals surface area contributed by atoms with Crippen molar-refractivity contribution in [2.45, 2.75) is 76.9 Å². The van der Waals surface area contributed by atoms with Crippen LogP contribution in [-0.2, 0) is 21.4 Å². The Morgan fingerprint density at radius 2 is 1.97 bits per heavy atom. The number of unbranched alkanes of at least 4 members (excludes halogenated alkanes) is 3. The Morgan fingerprint density at radius 1 is 1.21 bits per heavy atom. The van der Waals surface area contributed by atoms with E-state index in [1.54, 1.807) is 13.2 Å². The highest BCUT2D eigenvalue weighted by molar-refractivity contribution is 5.93. The second-order valence-corrected chi connectivity index (χ2v) is 8.53. The fourth-order valence-electron chi connectivity index (χ4n) is 4.29. The summed E-state index contributed by atoms with van der Waals surface area (Å²) < 4.78 is 5.78. The lowest BCUT2D eigenvalue weighted by Crippen LogP contribution is -2.57. The van der Waals surface area contributed by atoms with Crippen LogP contribution in [0.5, 0.6) is 0 Å². The molecule has 1 aliphatic carbocycles. The van der Waals surface area contributed by atoms with Crippen LogP contribution in [0.1, 0.15) is 74.4 Å². The van der Waals surface area contributed by atoms with Gasteiger partial charge in [-0.15, -0.1) is 0 Å². The summed E-state index contributed by atoms with van der Waals surface area (Å²) in [5, 5.41) is 6.54. The number of rotatable bonds is 11. The van der Waals surface area contributed by atoms with Gasteiger partial charge in [-0.1, -0.05) is 46.1 Å². The normalized spacial score (nSPS) is 20.1. The van der Waals surface area contributed by atoms with Crippen molar-refractivity contribution in [2.24, 2.45) is 5.73 Å². The van der Waals surface area contributed by atoms with Crippen molar-refractivity contribution in [3.05, 3.63) is 34.9 Å². The van der Waals surface area contributed by atoms with Crippen LogP contribution in [0.2, 0.25) is 0 Å². The number of ether oxygens (including phenoxy) is 1. The molecule has 6 heteroatoms. The first-order valence-corrected chi connectivity index (χ1v) is 10.8. The molecule has 0 radical (unpaired) electrons. The minimum Gasteiger partial charge on any atom is -0.379 e. The lowest BCUT2D eigenvalue weighted by atomic mass is 9.67. The fourth-order valence-corrected chi connectivity index (χ4v) is 4.29. The maximum absolute atomic E-state index is 12.1. The van der Waals surface area contributed by atoms with Gasteiger partial charge < -0.3 is 21.1 Å². The van der Waals surface area contributed by atoms with E-state index >= 15 is 0 Å². The van der Waals surface area contributed by atoms with Gasteiger partial charge in [0.1, 0.15) is 0 Å². The van der Waals surface area contributed by atoms with Gasteiger partial charge in [-0.2, -0.15) is 0 Å². The first kappa shape index (κ1) is 23.4. The maximum Gasteiger partial charge on any atom is 0.248 e. The van der Waals surface area contributed by atoms with Gasteiger partial charge in [0.05, 0.1) is 6.10 Å². The number of carbonyl (C=O) groups excluding carboxylic acids is 2. The number of fused-ring (bicyclic) bond motifs is 1. The van der Waals surface area contributed by atoms with Gasteiger partial charge in [-0.25, -0.2) is 0 Å². The summed E-state index contributed by atoms with van der Waals surface area (Å²) in [4.78, 5) is 23.7. The number of amides is 2. The minimum absolute atomic E-state index is 0.00552. The Bertz CT molecular complexity index is 703. The highest BCUT2D eigenvalue weighted by Crippen LogP contribution is 2.38. The highest BCUT2D eigenvalue weighted by Gasteiger charge is 2.42. The van der Waals surface area contributed by atoms with Crippen molar-refractivity contribution in [3.63, 3.8) is 0 Å². The molecule has 0 saturated carbocycles. The van der Waals surface area contributed by atoms with Crippen molar-refractivity contribution in [3.8, 4) is 0 Å². The van der Waals surface area contributed by atoms with Crippen molar-refractivity contribution in [2.75, 3.05) is 20.2 Å². The number of primary amides is 1. The number of benzene rings is 1. The zero-order chi connectivity index (χ0) is 21.4. The molecule has 1 aliphatic rings. The maximum atomic E-state index is 12.1. The number of nitrogens with two attached hydrogens (primary N) is 1. The lowest BCUT2D eigenvalue weighted by molar-refractivity contribution is -0.121. The van der Waals surface area contributed by atoms with Gasteiger partial charge in [0.15, 0.2) is 0 Å². The molecule has 2 rings (SSSR count). The number of nitrogens with one attached hydrogen (secondary N) is 2. The van der Waals surface area contributed by atoms with Crippen LogP contribution in [0.3, 0.4) is 0 Å². The third-order valence-electron chi connectivity index (χ3n) is 6.03. The molecule has 6 nitrogen and oxygen atoms in total. The molecule has 0 heterocycles. The minimum atomic E-state index is -0.419. The molecule has 29 heavy (non-hydrogen) atoms. The molecule has 1 aromatic rings. The summed E-state index contributed by atoms with van der Waals surface area (Å²) in [6.45, 7) is 7.80. The van der Waals surface area contributed by atoms with E-state index in [0.29, 0.717) is 18.5 Å². The fraction of sp³-hybridized carbons (Fsp3) is 0.652. The molecule has 0 aromatic heterocycles. The summed E-state index contributed by atoms with van der Waals surface area (Å²) in [5.41, 5.74) is 8.02. The van der Waals surface area contributed by atoms with Gasteiger partial charge >= 0.3 is 0 Å². The summed E-state index contributed by atoms with van der Waals surface area (Å²) in [6.07, 6.45) is 5.79. The van der Waals surface area contributed by atoms with E-state index in [4.69, 9.17) is 10.5 Å². The van der Waals surface area contributed by atoms with E-state index < -0.39 is 5.91 Å². The van der Waals surface area contributed by atoms with E-state index in [1.165, 1.54) is 18.4 Å². The van der Waals surface area contributed by atoms with Crippen molar-refractivity contribution >= 4 is 11.8 Å². The molecule has 2 atom stereocenters. The Morgan fingerprint density at radius 3 is 2.62 bits per heavy atom. The molecule has 0 saturated heterocycles. The SMILES string of the molecule is CCCCCCNC(=O)CCNC1C(OC)Cc2ccc(C(N)=O)cc2C1(C)C. The Labute approximate surface area is 175 Å². The van der Waals surface area contributed by atoms with Crippen LogP contribution in [0.25, 0.3) is 0 Å². The van der Waals surface area contributed by atoms with E-state index in [2.05, 4.69) is 31.4 Å². The van der Waals surface area contributed by atoms with E-state index in [0.717, 1.165) is 31.4 Å². The molecule has 4 N–H and O–H groups in total. The second kappa shape index (κ2) is 10.7. The second-order valence-electron chi connectivity index (χ2n) is 8.53. The van der Waals surface area contributed by atoms with Crippen LogP contribution >= 0.6 is 0 Å². The van der Waals surface area contributed by atoms with Crippen LogP contribution in [0.4, 0.5) is 0 Å². The van der Waals surface area contributed by atoms with E-state index in [1.807, 2.05) is 12.1 Å². The Hall–Kier alpha value is -1.92. The summed E-state index contributed by atoms with van der Waals surface area (Å²) in [6, 6.07) is 5.69. The summed E-state index contributed by atoms with van der Waals surface area (Å²) in [5.74, 6) is -0.342. The molecule has 1 aromatic carbocycles. The van der Waals surface area contributed by atoms with Crippen LogP contribution < -0.4 is 16.4 Å². The average molecular weight is 404 g/mol. The molecule has 0 aliphatic heterocycles. The van der Waals surface area contributed by atoms with Crippen molar-refractivity contribution in [1.29, 1.82) is 0 Å². The Kier molecular flexibility index (Phi) is 8.65. The zero-order valence-electron chi connectivity index (χ0n) is 18.3. The molecular formula is C23H37N3O3. The number of carbonyl (C=O) groups is 2. The zero-order valence-corrected chi connectivity index (χ0v) is 18.3. The number of methoxy groups -OCH3 is 1. The van der Waals surface area contributed by atoms with Gasteiger partial charge in [-0.3, -0.25) is 9.59 Å². The van der Waals surface area contributed by atoms with Gasteiger partial charge in [-0.05, 0) is 29.7 Å². The van der Waals surface area contributed by atoms with Crippen LogP contribution in [0, 0.1) is 0 Å². The van der Waals surface area contributed by atoms with Crippen molar-refractivity contribution in [1.82, 2.24) is 10.6 Å². The van der Waals surface area contributed by atoms with E-state index in [9.17, 15) is 9.59 Å². The third kappa shape index (κ3) is 6.03. The lowest BCUT2D eigenvalue weighted by Gasteiger charge is -2.45. The first-order valence-electron chi connectivity index (χ1n) is 10.8. The van der Waals surface area contributed by atoms with Crippen LogP contribution in [0.15, 0.2) is 18.2 Å². The standard InChI is InChI=1S/C23H37N3O3/c1-5-6-7-8-12-25-20(27)11-13-26-21-19(29-4)15-16-9-10-17(22(24)28)14-18(16)23(21,2)3/h9-10,14,19,21,26H,5-8,11-13,15H2,1-4H3,(H2,24,28)(H,25,27). The van der Waals surface area contributed by atoms with Gasteiger partial charge in [0.25, 0.3) is 0 Å². The van der Waals surface area contributed by atoms with Crippen molar-refractivity contribution < 1.29 is 14.3 Å². The molecule has 0 spiro atoms. The number of hydrogen-bond donors (Lipinski definition) is 3. The smallest absolute Gasteiger partial charge is 0.248 e. The quantitative estimate of drug-likeness (QED) is 0.495. The Balaban J connectivity index is 1.98. The summed E-state index contributed by atoms with van der Waals surface area (Å²) >= 11 is 0. The molecule has 2 amide bonds. The molecular weight excluding hydrogens is 366 g/mol. The monoisotopic (exact) mass is 403 g/mol. The first-order chi connectivity index (χ1) is 13.8. The largest absolute Gasteiger partial charge is 0.379 e. The van der Waals surface area contributed by atoms with E-state index in [-0.39, 0.29) is 23.5 Å². The molecule has 2 unspecified atom stereocenters. The predicted octanol–water partition coefficient (Wildman–Crippen LogP) is 2.68. The highest BCUT2D eigenvalue weighted by atomic mass is 16.5. The summed E-state index contributed by atoms with van der Waals surface area (Å²) in [7, 11) is 1.72. The topological polar surface area (TPSA) is 93.4 Å². The van der Waals surface area contributed by atoms with Gasteiger partial charge in [0, 0.05) is 50.1 Å². The molecule has 0 bridgehead atoms. The van der Waals surface area contributed by atoms with Crippen LogP contribution in [-0.4, -0.2) is 44.2 Å². The number of hydrogen-bond acceptors (Lipinski definition) is 4. The third-order valence-corrected chi connectivity index (χ3v) is 6.03. The molecule has 0 fully saturated rings. The predicted molar refractivity (Wildman–Crippen MR) is 116 cm³/mol. The average Bonchev–Trinajstić information content (AvgIpc) is 2.68.